The molecule has 1 N–H and O–H groups in total. The van der Waals surface area contributed by atoms with E-state index in [1.807, 2.05) is 17.0 Å². The molecule has 1 amide bonds. The van der Waals surface area contributed by atoms with Crippen LogP contribution in [0.15, 0.2) is 18.2 Å². The first kappa shape index (κ1) is 13.4. The van der Waals surface area contributed by atoms with Gasteiger partial charge in [0.15, 0.2) is 0 Å². The molecule has 2 aliphatic heterocycles. The SMILES string of the molecule is Br.O=C1CCCN1c1cccc2c1OCCNC2. The summed E-state index contributed by atoms with van der Waals surface area (Å²) in [7, 11) is 0. The Kier molecular flexibility index (Phi) is 4.24. The van der Waals surface area contributed by atoms with E-state index in [1.165, 1.54) is 0 Å². The normalized spacial score (nSPS) is 18.7. The highest BCUT2D eigenvalue weighted by atomic mass is 79.9. The largest absolute Gasteiger partial charge is 0.490 e. The first-order chi connectivity index (χ1) is 8.36. The average molecular weight is 313 g/mol. The number of nitrogens with one attached hydrogen (secondary N) is 1. The van der Waals surface area contributed by atoms with Crippen LogP contribution < -0.4 is 15.0 Å². The maximum atomic E-state index is 11.8. The minimum absolute atomic E-state index is 0. The van der Waals surface area contributed by atoms with Crippen molar-refractivity contribution >= 4 is 28.6 Å². The lowest BCUT2D eigenvalue weighted by Gasteiger charge is -2.20. The third-order valence-electron chi connectivity index (χ3n) is 3.28. The highest BCUT2D eigenvalue weighted by Crippen LogP contribution is 2.35. The maximum absolute atomic E-state index is 11.8. The summed E-state index contributed by atoms with van der Waals surface area (Å²) in [6.07, 6.45) is 1.60. The number of nitrogens with zero attached hydrogens (tertiary/aromatic N) is 1. The summed E-state index contributed by atoms with van der Waals surface area (Å²) in [6, 6.07) is 6.03. The number of anilines is 1. The highest BCUT2D eigenvalue weighted by Gasteiger charge is 2.26. The van der Waals surface area contributed by atoms with Gasteiger partial charge in [0.1, 0.15) is 12.4 Å². The lowest BCUT2D eigenvalue weighted by molar-refractivity contribution is -0.117. The molecule has 0 unspecified atom stereocenters. The van der Waals surface area contributed by atoms with E-state index in [0.717, 1.165) is 43.1 Å². The van der Waals surface area contributed by atoms with Gasteiger partial charge in [0.25, 0.3) is 0 Å². The molecule has 0 aliphatic carbocycles. The molecule has 1 fully saturated rings. The van der Waals surface area contributed by atoms with Crippen LogP contribution in [0.1, 0.15) is 18.4 Å². The Morgan fingerprint density at radius 3 is 3.00 bits per heavy atom. The minimum atomic E-state index is 0. The zero-order valence-electron chi connectivity index (χ0n) is 10.1. The number of amides is 1. The third-order valence-corrected chi connectivity index (χ3v) is 3.28. The summed E-state index contributed by atoms with van der Waals surface area (Å²) in [5, 5.41) is 3.30. The molecule has 0 atom stereocenters. The average Bonchev–Trinajstić information content (AvgIpc) is 2.63. The zero-order chi connectivity index (χ0) is 11.7. The molecule has 98 valence electrons. The van der Waals surface area contributed by atoms with Gasteiger partial charge in [-0.1, -0.05) is 12.1 Å². The standard InChI is InChI=1S/C13H16N2O2.BrH/c16-12-5-2-7-15(12)11-4-1-3-10-9-14-6-8-17-13(10)11;/h1,3-4,14H,2,5-9H2;1H. The Bertz CT molecular complexity index is 451. The van der Waals surface area contributed by atoms with Crippen LogP contribution in [0.4, 0.5) is 5.69 Å². The predicted octanol–water partition coefficient (Wildman–Crippen LogP) is 1.87. The molecule has 0 bridgehead atoms. The van der Waals surface area contributed by atoms with E-state index >= 15 is 0 Å². The summed E-state index contributed by atoms with van der Waals surface area (Å²) in [5.74, 6) is 1.09. The van der Waals surface area contributed by atoms with Gasteiger partial charge >= 0.3 is 0 Å². The second-order valence-electron chi connectivity index (χ2n) is 4.44. The zero-order valence-corrected chi connectivity index (χ0v) is 11.9. The molecule has 2 heterocycles. The lowest BCUT2D eigenvalue weighted by atomic mass is 10.1. The Morgan fingerprint density at radius 1 is 1.33 bits per heavy atom. The molecule has 0 saturated carbocycles. The maximum Gasteiger partial charge on any atom is 0.227 e. The van der Waals surface area contributed by atoms with E-state index in [9.17, 15) is 4.79 Å². The van der Waals surface area contributed by atoms with Crippen molar-refractivity contribution in [3.8, 4) is 5.75 Å². The monoisotopic (exact) mass is 312 g/mol. The number of ether oxygens (including phenoxy) is 1. The van der Waals surface area contributed by atoms with E-state index in [0.29, 0.717) is 13.0 Å². The second-order valence-corrected chi connectivity index (χ2v) is 4.44. The molecule has 1 aromatic carbocycles. The molecule has 0 radical (unpaired) electrons. The summed E-state index contributed by atoms with van der Waals surface area (Å²) < 4.78 is 5.78. The van der Waals surface area contributed by atoms with Crippen LogP contribution in [0.2, 0.25) is 0 Å². The van der Waals surface area contributed by atoms with Gasteiger partial charge in [-0.15, -0.1) is 17.0 Å². The number of carbonyl (C=O) groups excluding carboxylic acids is 1. The van der Waals surface area contributed by atoms with Gasteiger partial charge in [-0.2, -0.15) is 0 Å². The first-order valence-corrected chi connectivity index (χ1v) is 6.12. The van der Waals surface area contributed by atoms with Crippen LogP contribution >= 0.6 is 17.0 Å². The number of halogens is 1. The van der Waals surface area contributed by atoms with Gasteiger partial charge < -0.3 is 15.0 Å². The van der Waals surface area contributed by atoms with Crippen LogP contribution in [0, 0.1) is 0 Å². The fourth-order valence-electron chi connectivity index (χ4n) is 2.44. The minimum Gasteiger partial charge on any atom is -0.490 e. The lowest BCUT2D eigenvalue weighted by Crippen LogP contribution is -2.24. The smallest absolute Gasteiger partial charge is 0.227 e. The molecule has 5 heteroatoms. The fraction of sp³-hybridized carbons (Fsp3) is 0.462. The Balaban J connectivity index is 0.00000120. The number of carbonyl (C=O) groups is 1. The number of rotatable bonds is 1. The van der Waals surface area contributed by atoms with Crippen LogP contribution in [-0.4, -0.2) is 25.6 Å². The van der Waals surface area contributed by atoms with Gasteiger partial charge in [-0.3, -0.25) is 4.79 Å². The molecule has 0 aromatic heterocycles. The van der Waals surface area contributed by atoms with Crippen molar-refractivity contribution in [3.05, 3.63) is 23.8 Å². The van der Waals surface area contributed by atoms with Gasteiger partial charge in [-0.05, 0) is 12.5 Å². The van der Waals surface area contributed by atoms with E-state index in [2.05, 4.69) is 11.4 Å². The quantitative estimate of drug-likeness (QED) is 0.861. The summed E-state index contributed by atoms with van der Waals surface area (Å²) in [6.45, 7) is 3.13. The Morgan fingerprint density at radius 2 is 2.22 bits per heavy atom. The second kappa shape index (κ2) is 5.71. The van der Waals surface area contributed by atoms with Gasteiger partial charge in [-0.25, -0.2) is 0 Å². The number of fused-ring (bicyclic) bond motifs is 1. The number of hydrogen-bond acceptors (Lipinski definition) is 3. The van der Waals surface area contributed by atoms with E-state index < -0.39 is 0 Å². The number of para-hydroxylation sites is 1. The van der Waals surface area contributed by atoms with E-state index in [4.69, 9.17) is 4.74 Å². The molecule has 1 aromatic rings. The first-order valence-electron chi connectivity index (χ1n) is 6.12. The van der Waals surface area contributed by atoms with Crippen LogP contribution in [0.5, 0.6) is 5.75 Å². The summed E-state index contributed by atoms with van der Waals surface area (Å²) in [5.41, 5.74) is 2.08. The van der Waals surface area contributed by atoms with Crippen molar-refractivity contribution in [2.45, 2.75) is 19.4 Å². The van der Waals surface area contributed by atoms with Crippen LogP contribution in [0.25, 0.3) is 0 Å². The van der Waals surface area contributed by atoms with Gasteiger partial charge in [0, 0.05) is 31.6 Å². The van der Waals surface area contributed by atoms with Crippen molar-refractivity contribution in [1.29, 1.82) is 0 Å². The molecular formula is C13H17BrN2O2. The third kappa shape index (κ3) is 2.37. The topological polar surface area (TPSA) is 41.6 Å². The highest BCUT2D eigenvalue weighted by molar-refractivity contribution is 8.93. The predicted molar refractivity (Wildman–Crippen MR) is 75.6 cm³/mol. The number of benzene rings is 1. The van der Waals surface area contributed by atoms with Gasteiger partial charge in [0.2, 0.25) is 5.91 Å². The van der Waals surface area contributed by atoms with Crippen LogP contribution in [-0.2, 0) is 11.3 Å². The van der Waals surface area contributed by atoms with E-state index in [1.54, 1.807) is 0 Å². The Hall–Kier alpha value is -1.07. The van der Waals surface area contributed by atoms with Crippen molar-refractivity contribution in [2.75, 3.05) is 24.6 Å². The van der Waals surface area contributed by atoms with Gasteiger partial charge in [0.05, 0.1) is 5.69 Å². The molecule has 2 aliphatic rings. The van der Waals surface area contributed by atoms with E-state index in [-0.39, 0.29) is 22.9 Å². The number of hydrogen-bond donors (Lipinski definition) is 1. The van der Waals surface area contributed by atoms with Crippen molar-refractivity contribution in [2.24, 2.45) is 0 Å². The molecule has 3 rings (SSSR count). The summed E-state index contributed by atoms with van der Waals surface area (Å²) in [4.78, 5) is 13.7. The van der Waals surface area contributed by atoms with Crippen molar-refractivity contribution in [3.63, 3.8) is 0 Å². The molecule has 0 spiro atoms. The molecular weight excluding hydrogens is 296 g/mol. The van der Waals surface area contributed by atoms with Crippen molar-refractivity contribution in [1.82, 2.24) is 5.32 Å². The van der Waals surface area contributed by atoms with Crippen LogP contribution in [0.3, 0.4) is 0 Å². The molecule has 4 nitrogen and oxygen atoms in total. The molecule has 18 heavy (non-hydrogen) atoms. The van der Waals surface area contributed by atoms with Crippen molar-refractivity contribution < 1.29 is 9.53 Å². The summed E-state index contributed by atoms with van der Waals surface area (Å²) >= 11 is 0. The fourth-order valence-corrected chi connectivity index (χ4v) is 2.44. The Labute approximate surface area is 117 Å². The molecule has 1 saturated heterocycles.